The predicted molar refractivity (Wildman–Crippen MR) is 134 cm³/mol. The second-order valence-electron chi connectivity index (χ2n) is 7.99. The SMILES string of the molecule is N#Cc1ccc(N2C(=O)N(c3ccc(Cl)cc3)C(=NC(=O)Nc3ccc(Cl)cc3)C23COC3)cc1. The monoisotopic (exact) mass is 505 g/mol. The first-order chi connectivity index (χ1) is 16.9. The molecule has 3 aromatic rings. The van der Waals surface area contributed by atoms with Crippen LogP contribution in [-0.4, -0.2) is 36.7 Å². The molecule has 1 spiro atoms. The quantitative estimate of drug-likeness (QED) is 0.492. The first-order valence-corrected chi connectivity index (χ1v) is 11.3. The lowest BCUT2D eigenvalue weighted by atomic mass is 9.93. The number of rotatable bonds is 3. The molecule has 3 aromatic carbocycles. The minimum Gasteiger partial charge on any atom is -0.375 e. The Morgan fingerprint density at radius 3 is 2.06 bits per heavy atom. The highest BCUT2D eigenvalue weighted by Gasteiger charge is 2.61. The standard InChI is InChI=1S/C25H17Cl2N5O3/c26-17-3-7-19(8-4-17)29-23(33)30-22-25(14-35-15-25)32(21-9-1-16(13-28)2-10-21)24(34)31(22)20-11-5-18(27)6-12-20/h1-12H,14-15H2,(H,29,33). The summed E-state index contributed by atoms with van der Waals surface area (Å²) in [4.78, 5) is 34.1. The second kappa shape index (κ2) is 9.04. The van der Waals surface area contributed by atoms with Gasteiger partial charge in [-0.2, -0.15) is 10.3 Å². The molecular weight excluding hydrogens is 489 g/mol. The molecule has 2 saturated heterocycles. The number of halogens is 2. The zero-order valence-corrected chi connectivity index (χ0v) is 19.6. The molecule has 2 aliphatic rings. The normalized spacial score (nSPS) is 17.4. The number of nitrogens with zero attached hydrogens (tertiary/aromatic N) is 4. The summed E-state index contributed by atoms with van der Waals surface area (Å²) in [6.45, 7) is 0.297. The maximum Gasteiger partial charge on any atom is 0.347 e. The molecule has 0 unspecified atom stereocenters. The van der Waals surface area contributed by atoms with Gasteiger partial charge in [0.15, 0.2) is 11.4 Å². The van der Waals surface area contributed by atoms with Gasteiger partial charge in [-0.25, -0.2) is 14.5 Å². The van der Waals surface area contributed by atoms with E-state index in [1.807, 2.05) is 0 Å². The van der Waals surface area contributed by atoms with E-state index in [0.717, 1.165) is 0 Å². The van der Waals surface area contributed by atoms with Gasteiger partial charge < -0.3 is 10.1 Å². The van der Waals surface area contributed by atoms with Gasteiger partial charge in [0.25, 0.3) is 0 Å². The molecule has 4 amide bonds. The molecule has 0 aromatic heterocycles. The Kier molecular flexibility index (Phi) is 5.91. The predicted octanol–water partition coefficient (Wildman–Crippen LogP) is 5.71. The first kappa shape index (κ1) is 22.9. The molecule has 5 rings (SSSR count). The van der Waals surface area contributed by atoms with Crippen LogP contribution in [0.4, 0.5) is 26.7 Å². The van der Waals surface area contributed by atoms with E-state index in [-0.39, 0.29) is 19.0 Å². The number of hydrogen-bond donors (Lipinski definition) is 1. The number of aliphatic imine (C=N–C) groups is 1. The number of carbonyl (C=O) groups excluding carboxylic acids is 2. The smallest absolute Gasteiger partial charge is 0.347 e. The molecule has 174 valence electrons. The maximum atomic E-state index is 13.8. The van der Waals surface area contributed by atoms with Crippen LogP contribution in [0.2, 0.25) is 10.0 Å². The Morgan fingerprint density at radius 1 is 0.943 bits per heavy atom. The summed E-state index contributed by atoms with van der Waals surface area (Å²) in [5.41, 5.74) is 1.03. The van der Waals surface area contributed by atoms with Crippen LogP contribution >= 0.6 is 23.2 Å². The van der Waals surface area contributed by atoms with Crippen molar-refractivity contribution >= 4 is 58.2 Å². The van der Waals surface area contributed by atoms with Crippen LogP contribution in [0.3, 0.4) is 0 Å². The number of urea groups is 2. The van der Waals surface area contributed by atoms with Crippen molar-refractivity contribution in [3.05, 3.63) is 88.4 Å². The number of carbonyl (C=O) groups is 2. The van der Waals surface area contributed by atoms with Crippen molar-refractivity contribution in [2.24, 2.45) is 4.99 Å². The van der Waals surface area contributed by atoms with Crippen LogP contribution in [0, 0.1) is 11.3 Å². The Balaban J connectivity index is 1.59. The van der Waals surface area contributed by atoms with E-state index in [9.17, 15) is 9.59 Å². The third-order valence-electron chi connectivity index (χ3n) is 5.76. The fraction of sp³-hybridized carbons (Fsp3) is 0.120. The number of ether oxygens (including phenoxy) is 1. The van der Waals surface area contributed by atoms with Gasteiger partial charge >= 0.3 is 12.1 Å². The molecule has 0 radical (unpaired) electrons. The molecule has 0 bridgehead atoms. The largest absolute Gasteiger partial charge is 0.375 e. The van der Waals surface area contributed by atoms with Crippen LogP contribution < -0.4 is 15.1 Å². The molecule has 8 nitrogen and oxygen atoms in total. The fourth-order valence-electron chi connectivity index (χ4n) is 4.04. The zero-order valence-electron chi connectivity index (χ0n) is 18.1. The summed E-state index contributed by atoms with van der Waals surface area (Å²) in [5, 5.41) is 12.9. The minimum atomic E-state index is -0.998. The fourth-order valence-corrected chi connectivity index (χ4v) is 4.29. The average Bonchev–Trinajstić information content (AvgIpc) is 3.09. The van der Waals surface area contributed by atoms with Crippen LogP contribution in [0.1, 0.15) is 5.56 Å². The van der Waals surface area contributed by atoms with Crippen molar-refractivity contribution < 1.29 is 14.3 Å². The van der Waals surface area contributed by atoms with Crippen LogP contribution in [0.5, 0.6) is 0 Å². The van der Waals surface area contributed by atoms with Gasteiger partial charge in [0.05, 0.1) is 30.5 Å². The highest BCUT2D eigenvalue weighted by Crippen LogP contribution is 2.41. The highest BCUT2D eigenvalue weighted by molar-refractivity contribution is 6.35. The second-order valence-corrected chi connectivity index (χ2v) is 8.86. The van der Waals surface area contributed by atoms with Crippen molar-refractivity contribution in [1.82, 2.24) is 0 Å². The number of benzene rings is 3. The third kappa shape index (κ3) is 4.10. The molecule has 2 heterocycles. The number of hydrogen-bond acceptors (Lipinski definition) is 4. The third-order valence-corrected chi connectivity index (χ3v) is 6.27. The van der Waals surface area contributed by atoms with Gasteiger partial charge in [0, 0.05) is 21.4 Å². The molecule has 0 aliphatic carbocycles. The lowest BCUT2D eigenvalue weighted by Gasteiger charge is -2.43. The van der Waals surface area contributed by atoms with E-state index >= 15 is 0 Å². The van der Waals surface area contributed by atoms with E-state index in [1.54, 1.807) is 77.7 Å². The number of amides is 4. The molecule has 0 saturated carbocycles. The Morgan fingerprint density at radius 2 is 1.51 bits per heavy atom. The summed E-state index contributed by atoms with van der Waals surface area (Å²) in [6, 6.07) is 20.9. The summed E-state index contributed by atoms with van der Waals surface area (Å²) < 4.78 is 5.53. The molecule has 1 N–H and O–H groups in total. The van der Waals surface area contributed by atoms with Crippen LogP contribution in [-0.2, 0) is 4.74 Å². The summed E-state index contributed by atoms with van der Waals surface area (Å²) in [7, 11) is 0. The van der Waals surface area contributed by atoms with E-state index in [1.165, 1.54) is 4.90 Å². The Labute approximate surface area is 210 Å². The molecular formula is C25H17Cl2N5O3. The maximum absolute atomic E-state index is 13.8. The minimum absolute atomic E-state index is 0.149. The summed E-state index contributed by atoms with van der Waals surface area (Å²) in [5.74, 6) is 0.229. The van der Waals surface area contributed by atoms with Crippen molar-refractivity contribution in [3.63, 3.8) is 0 Å². The Hall–Kier alpha value is -3.90. The van der Waals surface area contributed by atoms with E-state index < -0.39 is 17.6 Å². The molecule has 2 fully saturated rings. The van der Waals surface area contributed by atoms with Gasteiger partial charge in [0.2, 0.25) is 0 Å². The lowest BCUT2D eigenvalue weighted by Crippen LogP contribution is -2.64. The van der Waals surface area contributed by atoms with E-state index in [0.29, 0.717) is 32.7 Å². The number of amidine groups is 1. The molecule has 0 atom stereocenters. The van der Waals surface area contributed by atoms with Crippen molar-refractivity contribution in [3.8, 4) is 6.07 Å². The number of anilines is 3. The van der Waals surface area contributed by atoms with Gasteiger partial charge in [-0.15, -0.1) is 0 Å². The van der Waals surface area contributed by atoms with Gasteiger partial charge in [-0.1, -0.05) is 23.2 Å². The molecule has 10 heteroatoms. The highest BCUT2D eigenvalue weighted by atomic mass is 35.5. The number of nitrogens with one attached hydrogen (secondary N) is 1. The summed E-state index contributed by atoms with van der Waals surface area (Å²) in [6.07, 6.45) is 0. The lowest BCUT2D eigenvalue weighted by molar-refractivity contribution is -0.0152. The van der Waals surface area contributed by atoms with Crippen LogP contribution in [0.15, 0.2) is 77.8 Å². The van der Waals surface area contributed by atoms with E-state index in [2.05, 4.69) is 16.4 Å². The zero-order chi connectivity index (χ0) is 24.6. The van der Waals surface area contributed by atoms with Gasteiger partial charge in [-0.3, -0.25) is 4.90 Å². The average molecular weight is 506 g/mol. The number of nitriles is 1. The van der Waals surface area contributed by atoms with Gasteiger partial charge in [-0.05, 0) is 72.8 Å². The molecule has 2 aliphatic heterocycles. The van der Waals surface area contributed by atoms with Crippen molar-refractivity contribution in [1.29, 1.82) is 5.26 Å². The topological polar surface area (TPSA) is 98.0 Å². The first-order valence-electron chi connectivity index (χ1n) is 10.5. The van der Waals surface area contributed by atoms with E-state index in [4.69, 9.17) is 33.2 Å². The van der Waals surface area contributed by atoms with Crippen LogP contribution in [0.25, 0.3) is 0 Å². The van der Waals surface area contributed by atoms with Crippen molar-refractivity contribution in [2.75, 3.05) is 28.3 Å². The molecule has 35 heavy (non-hydrogen) atoms. The van der Waals surface area contributed by atoms with Gasteiger partial charge in [0.1, 0.15) is 0 Å². The van der Waals surface area contributed by atoms with Crippen molar-refractivity contribution in [2.45, 2.75) is 5.54 Å². The Bertz CT molecular complexity index is 1360. The summed E-state index contributed by atoms with van der Waals surface area (Å²) >= 11 is 12.0.